The predicted octanol–water partition coefficient (Wildman–Crippen LogP) is 5.37. The smallest absolute Gasteiger partial charge is 0.234 e. The zero-order valence-electron chi connectivity index (χ0n) is 23.0. The van der Waals surface area contributed by atoms with Gasteiger partial charge < -0.3 is 16.0 Å². The van der Waals surface area contributed by atoms with Gasteiger partial charge in [0.1, 0.15) is 0 Å². The maximum absolute atomic E-state index is 14.1. The summed E-state index contributed by atoms with van der Waals surface area (Å²) in [6.45, 7) is 7.41. The lowest BCUT2D eigenvalue weighted by Gasteiger charge is -2.36. The molecular weight excluding hydrogens is 460 g/mol. The Morgan fingerprint density at radius 3 is 2.35 bits per heavy atom. The molecule has 1 saturated carbocycles. The molecule has 1 saturated heterocycles. The van der Waals surface area contributed by atoms with Crippen LogP contribution >= 0.6 is 0 Å². The van der Waals surface area contributed by atoms with Crippen LogP contribution in [0.3, 0.4) is 0 Å². The Balaban J connectivity index is 1.58. The van der Waals surface area contributed by atoms with Crippen LogP contribution < -0.4 is 11.1 Å². The van der Waals surface area contributed by atoms with E-state index in [9.17, 15) is 9.59 Å². The summed E-state index contributed by atoms with van der Waals surface area (Å²) in [5, 5.41) is 3.04. The minimum Gasteiger partial charge on any atom is -0.368 e. The number of likely N-dealkylation sites (N-methyl/N-ethyl adjacent to an activating group) is 1. The zero-order chi connectivity index (χ0) is 26.6. The number of rotatable bonds is 8. The van der Waals surface area contributed by atoms with Crippen molar-refractivity contribution in [1.82, 2.24) is 15.2 Å². The Bertz CT molecular complexity index is 1070. The monoisotopic (exact) mass is 504 g/mol. The largest absolute Gasteiger partial charge is 0.368 e. The predicted molar refractivity (Wildman–Crippen MR) is 149 cm³/mol. The van der Waals surface area contributed by atoms with Crippen molar-refractivity contribution in [1.29, 1.82) is 0 Å². The molecule has 1 aromatic heterocycles. The lowest BCUT2D eigenvalue weighted by Crippen LogP contribution is -2.46. The summed E-state index contributed by atoms with van der Waals surface area (Å²) in [6.07, 6.45) is 11.8. The van der Waals surface area contributed by atoms with E-state index in [1.807, 2.05) is 12.4 Å². The van der Waals surface area contributed by atoms with Crippen molar-refractivity contribution in [2.24, 2.45) is 17.6 Å². The highest BCUT2D eigenvalue weighted by Gasteiger charge is 2.39. The van der Waals surface area contributed by atoms with Gasteiger partial charge in [0.25, 0.3) is 0 Å². The Morgan fingerprint density at radius 1 is 1.03 bits per heavy atom. The molecule has 1 aliphatic heterocycles. The molecular formula is C31H44N4O2. The van der Waals surface area contributed by atoms with Gasteiger partial charge in [0.2, 0.25) is 11.8 Å². The molecule has 37 heavy (non-hydrogen) atoms. The molecule has 0 spiro atoms. The van der Waals surface area contributed by atoms with Crippen molar-refractivity contribution in [3.63, 3.8) is 0 Å². The molecule has 0 radical (unpaired) electrons. The van der Waals surface area contributed by atoms with Crippen LogP contribution in [-0.2, 0) is 15.0 Å². The number of hydrogen-bond acceptors (Lipinski definition) is 4. The number of nitrogens with one attached hydrogen (secondary N) is 1. The molecule has 3 unspecified atom stereocenters. The Morgan fingerprint density at radius 2 is 1.73 bits per heavy atom. The minimum atomic E-state index is -0.488. The molecule has 200 valence electrons. The Labute approximate surface area is 222 Å². The van der Waals surface area contributed by atoms with E-state index >= 15 is 0 Å². The van der Waals surface area contributed by atoms with Gasteiger partial charge in [-0.05, 0) is 73.2 Å². The van der Waals surface area contributed by atoms with Gasteiger partial charge in [0.05, 0.1) is 12.1 Å². The number of benzene rings is 1. The first-order chi connectivity index (χ1) is 17.7. The Kier molecular flexibility index (Phi) is 8.68. The van der Waals surface area contributed by atoms with Gasteiger partial charge in [-0.3, -0.25) is 14.6 Å². The van der Waals surface area contributed by atoms with E-state index in [0.29, 0.717) is 12.3 Å². The van der Waals surface area contributed by atoms with E-state index in [-0.39, 0.29) is 29.2 Å². The summed E-state index contributed by atoms with van der Waals surface area (Å²) in [6, 6.07) is 10.4. The normalized spacial score (nSPS) is 20.5. The summed E-state index contributed by atoms with van der Waals surface area (Å²) < 4.78 is 0. The quantitative estimate of drug-likeness (QED) is 0.506. The van der Waals surface area contributed by atoms with Gasteiger partial charge in [-0.25, -0.2) is 0 Å². The van der Waals surface area contributed by atoms with Crippen molar-refractivity contribution < 1.29 is 9.59 Å². The third-order valence-electron chi connectivity index (χ3n) is 8.48. The number of amides is 2. The van der Waals surface area contributed by atoms with Crippen LogP contribution in [0, 0.1) is 11.8 Å². The second kappa shape index (κ2) is 11.8. The van der Waals surface area contributed by atoms with Crippen molar-refractivity contribution in [3.8, 4) is 11.1 Å². The molecule has 2 fully saturated rings. The summed E-state index contributed by atoms with van der Waals surface area (Å²) in [7, 11) is 1.75. The number of hydrogen-bond donors (Lipinski definition) is 2. The molecule has 6 heteroatoms. The highest BCUT2D eigenvalue weighted by molar-refractivity contribution is 5.83. The summed E-state index contributed by atoms with van der Waals surface area (Å²) in [5.41, 5.74) is 10.4. The fraction of sp³-hybridized carbons (Fsp3) is 0.581. The Hall–Kier alpha value is -2.73. The van der Waals surface area contributed by atoms with Crippen LogP contribution in [0.25, 0.3) is 11.1 Å². The molecule has 6 nitrogen and oxygen atoms in total. The molecule has 1 aliphatic carbocycles. The maximum atomic E-state index is 14.1. The summed E-state index contributed by atoms with van der Waals surface area (Å²) >= 11 is 0. The molecule has 3 atom stereocenters. The molecule has 2 heterocycles. The van der Waals surface area contributed by atoms with E-state index in [1.165, 1.54) is 12.0 Å². The van der Waals surface area contributed by atoms with Crippen molar-refractivity contribution in [2.45, 2.75) is 89.6 Å². The number of nitrogens with zero attached hydrogens (tertiary/aromatic N) is 2. The number of carbonyl (C=O) groups excluding carboxylic acids is 2. The SMILES string of the molecule is CNC(CC(C(=O)N1CCCC1c1cncc(-c2ccc(C(C)(C)C)cc2)c1)C1CCCCC1)C(N)=O. The van der Waals surface area contributed by atoms with Crippen LogP contribution in [0.1, 0.15) is 89.3 Å². The third kappa shape index (κ3) is 6.40. The van der Waals surface area contributed by atoms with Gasteiger partial charge in [-0.2, -0.15) is 0 Å². The summed E-state index contributed by atoms with van der Waals surface area (Å²) in [4.78, 5) is 32.8. The molecule has 2 aliphatic rings. The van der Waals surface area contributed by atoms with Gasteiger partial charge in [-0.1, -0.05) is 64.3 Å². The average molecular weight is 505 g/mol. The molecule has 4 rings (SSSR count). The lowest BCUT2D eigenvalue weighted by atomic mass is 9.76. The van der Waals surface area contributed by atoms with Crippen LogP contribution in [0.4, 0.5) is 0 Å². The number of likely N-dealkylation sites (tertiary alicyclic amines) is 1. The zero-order valence-corrected chi connectivity index (χ0v) is 23.0. The minimum absolute atomic E-state index is 0.0153. The number of pyridine rings is 1. The van der Waals surface area contributed by atoms with Crippen LogP contribution in [0.15, 0.2) is 42.7 Å². The first-order valence-corrected chi connectivity index (χ1v) is 14.0. The fourth-order valence-corrected chi connectivity index (χ4v) is 6.21. The van der Waals surface area contributed by atoms with Gasteiger partial charge in [0, 0.05) is 30.4 Å². The number of nitrogens with two attached hydrogens (primary N) is 1. The highest BCUT2D eigenvalue weighted by Crippen LogP contribution is 2.39. The standard InChI is InChI=1S/C31H44N4O2/c1-31(2,3)25-14-12-21(13-15-25)23-17-24(20-34-19-23)28-11-8-16-35(28)30(37)26(18-27(33-4)29(32)36)22-9-6-5-7-10-22/h12-15,17,19-20,22,26-28,33H,5-11,16,18H2,1-4H3,(H2,32,36). The second-order valence-electron chi connectivity index (χ2n) is 12.0. The van der Waals surface area contributed by atoms with Gasteiger partial charge in [-0.15, -0.1) is 0 Å². The van der Waals surface area contributed by atoms with Crippen LogP contribution in [-0.4, -0.2) is 41.3 Å². The topological polar surface area (TPSA) is 88.3 Å². The first-order valence-electron chi connectivity index (χ1n) is 14.0. The lowest BCUT2D eigenvalue weighted by molar-refractivity contribution is -0.139. The molecule has 2 amide bonds. The van der Waals surface area contributed by atoms with Crippen LogP contribution in [0.2, 0.25) is 0 Å². The average Bonchev–Trinajstić information content (AvgIpc) is 3.39. The first kappa shape index (κ1) is 27.3. The fourth-order valence-electron chi connectivity index (χ4n) is 6.21. The van der Waals surface area contributed by atoms with Gasteiger partial charge >= 0.3 is 0 Å². The third-order valence-corrected chi connectivity index (χ3v) is 8.48. The van der Waals surface area contributed by atoms with E-state index < -0.39 is 6.04 Å². The van der Waals surface area contributed by atoms with E-state index in [1.54, 1.807) is 7.05 Å². The maximum Gasteiger partial charge on any atom is 0.234 e. The number of aromatic nitrogens is 1. The molecule has 0 bridgehead atoms. The molecule has 1 aromatic carbocycles. The second-order valence-corrected chi connectivity index (χ2v) is 12.0. The van der Waals surface area contributed by atoms with E-state index in [2.05, 4.69) is 66.3 Å². The number of primary amides is 1. The van der Waals surface area contributed by atoms with E-state index in [4.69, 9.17) is 5.73 Å². The van der Waals surface area contributed by atoms with Crippen LogP contribution in [0.5, 0.6) is 0 Å². The van der Waals surface area contributed by atoms with Crippen molar-refractivity contribution >= 4 is 11.8 Å². The number of carbonyl (C=O) groups is 2. The highest BCUT2D eigenvalue weighted by atomic mass is 16.2. The van der Waals surface area contributed by atoms with Crippen molar-refractivity contribution in [2.75, 3.05) is 13.6 Å². The molecule has 3 N–H and O–H groups in total. The van der Waals surface area contributed by atoms with Gasteiger partial charge in [0.15, 0.2) is 0 Å². The molecule has 2 aromatic rings. The summed E-state index contributed by atoms with van der Waals surface area (Å²) in [5.74, 6) is -0.0882. The van der Waals surface area contributed by atoms with Crippen molar-refractivity contribution in [3.05, 3.63) is 53.9 Å². The van der Waals surface area contributed by atoms with E-state index in [0.717, 1.165) is 61.8 Å².